The van der Waals surface area contributed by atoms with Crippen LogP contribution in [0, 0.1) is 23.8 Å². The summed E-state index contributed by atoms with van der Waals surface area (Å²) in [6.45, 7) is 20.9. The van der Waals surface area contributed by atoms with Gasteiger partial charge in [0, 0.05) is 69.4 Å². The predicted molar refractivity (Wildman–Crippen MR) is 213 cm³/mol. The third kappa shape index (κ3) is 8.09. The van der Waals surface area contributed by atoms with Gasteiger partial charge in [0.05, 0.1) is 0 Å². The Balaban J connectivity index is 0.000000279. The number of carbonyl (C=O) groups is 1. The number of aromatic nitrogens is 1. The molecule has 51 heavy (non-hydrogen) atoms. The molecule has 0 unspecified atom stereocenters. The van der Waals surface area contributed by atoms with Crippen molar-refractivity contribution in [2.45, 2.75) is 100 Å². The van der Waals surface area contributed by atoms with E-state index in [2.05, 4.69) is 81.4 Å². The second-order valence-electron chi connectivity index (χ2n) is 15.0. The minimum atomic E-state index is -0.337. The molecule has 0 bridgehead atoms. The Labute approximate surface area is 321 Å². The first kappa shape index (κ1) is 40.2. The van der Waals surface area contributed by atoms with Gasteiger partial charge in [-0.15, -0.1) is 40.5 Å². The smallest absolute Gasteiger partial charge is 0.164 e. The van der Waals surface area contributed by atoms with Crippen LogP contribution in [0.15, 0.2) is 89.2 Å². The number of ketones is 1. The molecule has 0 amide bonds. The first-order valence-electron chi connectivity index (χ1n) is 18.0. The second-order valence-corrected chi connectivity index (χ2v) is 16.1. The van der Waals surface area contributed by atoms with Gasteiger partial charge in [-0.3, -0.25) is 9.78 Å². The fourth-order valence-electron chi connectivity index (χ4n) is 6.42. The van der Waals surface area contributed by atoms with E-state index in [1.54, 1.807) is 11.3 Å². The third-order valence-corrected chi connectivity index (χ3v) is 12.1. The fraction of sp³-hybridized carbons (Fsp3) is 0.378. The minimum absolute atomic E-state index is 0. The van der Waals surface area contributed by atoms with Gasteiger partial charge in [-0.2, -0.15) is 0 Å². The monoisotopic (exact) mass is 879 g/mol. The van der Waals surface area contributed by atoms with Gasteiger partial charge in [0.2, 0.25) is 0 Å². The summed E-state index contributed by atoms with van der Waals surface area (Å²) in [7, 11) is 0. The number of carbonyl (C=O) groups excluding carboxylic acids is 1. The number of nitrogens with zero attached hydrogens (tertiary/aromatic N) is 1. The maximum absolute atomic E-state index is 12.2. The van der Waals surface area contributed by atoms with Crippen LogP contribution in [0.5, 0.6) is 0 Å². The number of aliphatic hydroxyl groups is 1. The van der Waals surface area contributed by atoms with E-state index in [0.717, 1.165) is 59.1 Å². The van der Waals surface area contributed by atoms with Crippen molar-refractivity contribution >= 4 is 48.9 Å². The first-order valence-corrected chi connectivity index (χ1v) is 18.8. The van der Waals surface area contributed by atoms with Crippen LogP contribution in [0.3, 0.4) is 0 Å². The number of thiophene rings is 1. The van der Waals surface area contributed by atoms with E-state index < -0.39 is 0 Å². The molecule has 271 valence electrons. The number of pyridine rings is 1. The summed E-state index contributed by atoms with van der Waals surface area (Å²) >= 11 is 1.78. The van der Waals surface area contributed by atoms with Gasteiger partial charge in [0.25, 0.3) is 0 Å². The zero-order valence-electron chi connectivity index (χ0n) is 31.8. The predicted octanol–water partition coefficient (Wildman–Crippen LogP) is 13.6. The number of fused-ring (bicyclic) bond motifs is 3. The normalized spacial score (nSPS) is 12.5. The van der Waals surface area contributed by atoms with Gasteiger partial charge in [0.15, 0.2) is 5.78 Å². The minimum Gasteiger partial charge on any atom is -0.512 e. The zero-order chi connectivity index (χ0) is 36.4. The number of allylic oxidation sites excluding steroid dienone is 2. The number of hydrogen-bond acceptors (Lipinski definition) is 5. The molecule has 0 atom stereocenters. The number of hydrogen-bond donors (Lipinski definition) is 1. The molecule has 3 aromatic carbocycles. The molecule has 0 saturated heterocycles. The van der Waals surface area contributed by atoms with E-state index in [4.69, 9.17) is 9.40 Å². The van der Waals surface area contributed by atoms with E-state index in [0.29, 0.717) is 0 Å². The Morgan fingerprint density at radius 3 is 2.10 bits per heavy atom. The number of aryl methyl sites for hydroxylation is 1. The van der Waals surface area contributed by atoms with Crippen molar-refractivity contribution in [3.8, 4) is 21.7 Å². The van der Waals surface area contributed by atoms with Crippen LogP contribution in [0.25, 0.3) is 53.5 Å². The van der Waals surface area contributed by atoms with E-state index in [1.807, 2.05) is 66.8 Å². The van der Waals surface area contributed by atoms with E-state index in [1.165, 1.54) is 37.6 Å². The maximum Gasteiger partial charge on any atom is 0.164 e. The van der Waals surface area contributed by atoms with Crippen molar-refractivity contribution in [1.29, 1.82) is 0 Å². The van der Waals surface area contributed by atoms with Crippen LogP contribution in [0.1, 0.15) is 99.3 Å². The van der Waals surface area contributed by atoms with Crippen LogP contribution in [-0.2, 0) is 30.3 Å². The molecule has 1 radical (unpaired) electrons. The average Bonchev–Trinajstić information content (AvgIpc) is 3.69. The molecule has 3 heterocycles. The van der Waals surface area contributed by atoms with Crippen molar-refractivity contribution in [1.82, 2.24) is 4.98 Å². The quantitative estimate of drug-likeness (QED) is 0.0893. The van der Waals surface area contributed by atoms with E-state index >= 15 is 0 Å². The Morgan fingerprint density at radius 2 is 1.47 bits per heavy atom. The molecular weight excluding hydrogens is 827 g/mol. The maximum atomic E-state index is 12.2. The van der Waals surface area contributed by atoms with E-state index in [9.17, 15) is 9.90 Å². The molecule has 0 aliphatic rings. The topological polar surface area (TPSA) is 63.3 Å². The fourth-order valence-corrected chi connectivity index (χ4v) is 7.68. The molecule has 0 aliphatic heterocycles. The number of aliphatic hydroxyl groups excluding tert-OH is 1. The number of furan rings is 1. The van der Waals surface area contributed by atoms with Crippen molar-refractivity contribution < 1.29 is 34.4 Å². The molecular formula is C45H52IrNO3S-. The molecule has 3 aromatic heterocycles. The summed E-state index contributed by atoms with van der Waals surface area (Å²) in [6.07, 6.45) is 6.67. The third-order valence-electron chi connectivity index (χ3n) is 10.9. The van der Waals surface area contributed by atoms with Crippen LogP contribution in [-0.4, -0.2) is 15.9 Å². The van der Waals surface area contributed by atoms with Crippen molar-refractivity contribution in [3.05, 3.63) is 102 Å². The SMILES string of the molecule is CCC(C)(CC)C(=O)/C=C(\O)C(C)(CC)CC.Cc1oc2ccccc2c1-c1cc2ccnc(-c3[c-]c4ccccc4c(C(C)(C)C)c3)c2s1.[Ir]. The molecule has 0 fully saturated rings. The van der Waals surface area contributed by atoms with Gasteiger partial charge in [0.1, 0.15) is 17.1 Å². The van der Waals surface area contributed by atoms with Crippen molar-refractivity contribution in [2.75, 3.05) is 0 Å². The summed E-state index contributed by atoms with van der Waals surface area (Å²) in [6, 6.07) is 27.1. The molecule has 0 saturated carbocycles. The molecule has 6 heteroatoms. The van der Waals surface area contributed by atoms with Gasteiger partial charge < -0.3 is 9.52 Å². The Kier molecular flexibility index (Phi) is 12.6. The molecule has 6 aromatic rings. The summed E-state index contributed by atoms with van der Waals surface area (Å²) in [5, 5.41) is 14.9. The second kappa shape index (κ2) is 16.0. The van der Waals surface area contributed by atoms with Gasteiger partial charge in [-0.05, 0) is 61.6 Å². The molecule has 4 nitrogen and oxygen atoms in total. The number of rotatable bonds is 9. The van der Waals surface area contributed by atoms with Crippen molar-refractivity contribution in [2.24, 2.45) is 10.8 Å². The van der Waals surface area contributed by atoms with Gasteiger partial charge >= 0.3 is 0 Å². The van der Waals surface area contributed by atoms with Crippen LogP contribution in [0.4, 0.5) is 0 Å². The van der Waals surface area contributed by atoms with Crippen LogP contribution in [0.2, 0.25) is 0 Å². The van der Waals surface area contributed by atoms with Crippen molar-refractivity contribution in [3.63, 3.8) is 0 Å². The molecule has 0 aliphatic carbocycles. The summed E-state index contributed by atoms with van der Waals surface area (Å²) in [5.74, 6) is 1.23. The van der Waals surface area contributed by atoms with Gasteiger partial charge in [-0.25, -0.2) is 0 Å². The Bertz CT molecular complexity index is 2170. The average molecular weight is 879 g/mol. The zero-order valence-corrected chi connectivity index (χ0v) is 35.0. The molecule has 0 spiro atoms. The number of benzene rings is 3. The van der Waals surface area contributed by atoms with Crippen LogP contribution >= 0.6 is 11.3 Å². The Hall–Kier alpha value is -3.57. The molecule has 6 rings (SSSR count). The summed E-state index contributed by atoms with van der Waals surface area (Å²) < 4.78 is 7.23. The summed E-state index contributed by atoms with van der Waals surface area (Å²) in [4.78, 5) is 18.2. The number of para-hydroxylation sites is 1. The standard InChI is InChI=1S/C30H24NOS.C15H28O2.Ir/c1-18-27(23-11-7-8-12-25(23)32-18)26-17-20-13-14-31-28(29(20)33-26)21-15-19-9-5-6-10-22(19)24(16-21)30(2,3)4;1-7-14(5,8-2)12(16)11-13(17)15(6,9-3)10-4;/h5-14,16-17H,1-4H3;11,16H,7-10H2,1-6H3;/q-1;;/b;12-11-;. The first-order chi connectivity index (χ1) is 23.7. The summed E-state index contributed by atoms with van der Waals surface area (Å²) in [5.41, 5.74) is 4.88. The van der Waals surface area contributed by atoms with Crippen LogP contribution < -0.4 is 0 Å². The van der Waals surface area contributed by atoms with E-state index in [-0.39, 0.29) is 47.9 Å². The van der Waals surface area contributed by atoms with Gasteiger partial charge in [-0.1, -0.05) is 110 Å². The molecule has 1 N–H and O–H groups in total. The Morgan fingerprint density at radius 1 is 0.863 bits per heavy atom. The largest absolute Gasteiger partial charge is 0.512 e.